The van der Waals surface area contributed by atoms with Gasteiger partial charge in [0.25, 0.3) is 5.88 Å². The van der Waals surface area contributed by atoms with Gasteiger partial charge in [0.1, 0.15) is 6.61 Å². The monoisotopic (exact) mass is 196 g/mol. The Morgan fingerprint density at radius 2 is 2.57 bits per heavy atom. The molecule has 0 aromatic carbocycles. The van der Waals surface area contributed by atoms with E-state index in [1.54, 1.807) is 19.4 Å². The second-order valence-corrected chi connectivity index (χ2v) is 3.08. The van der Waals surface area contributed by atoms with Crippen LogP contribution < -0.4 is 15.2 Å². The van der Waals surface area contributed by atoms with Crippen molar-refractivity contribution in [3.63, 3.8) is 0 Å². The van der Waals surface area contributed by atoms with E-state index in [0.29, 0.717) is 30.5 Å². The molecular formula is C9H12N2O3. The van der Waals surface area contributed by atoms with Crippen LogP contribution in [-0.4, -0.2) is 31.4 Å². The van der Waals surface area contributed by atoms with Gasteiger partial charge in [0.15, 0.2) is 11.9 Å². The van der Waals surface area contributed by atoms with Crippen LogP contribution in [0.4, 0.5) is 5.69 Å². The van der Waals surface area contributed by atoms with Gasteiger partial charge in [-0.25, -0.2) is 4.98 Å². The molecule has 0 amide bonds. The highest BCUT2D eigenvalue weighted by atomic mass is 16.6. The maximum atomic E-state index is 5.57. The minimum absolute atomic E-state index is 0.0869. The fraction of sp³-hybridized carbons (Fsp3) is 0.444. The SMILES string of the molecule is COCC1COc2ncc(N)cc2O1. The zero-order chi connectivity index (χ0) is 9.97. The molecule has 2 N–H and O–H groups in total. The number of hydrogen-bond acceptors (Lipinski definition) is 5. The fourth-order valence-corrected chi connectivity index (χ4v) is 1.29. The van der Waals surface area contributed by atoms with Gasteiger partial charge in [-0.15, -0.1) is 0 Å². The van der Waals surface area contributed by atoms with Crippen LogP contribution in [0, 0.1) is 0 Å². The molecule has 1 unspecified atom stereocenters. The molecule has 0 spiro atoms. The lowest BCUT2D eigenvalue weighted by Gasteiger charge is -2.25. The van der Waals surface area contributed by atoms with Crippen LogP contribution >= 0.6 is 0 Å². The summed E-state index contributed by atoms with van der Waals surface area (Å²) < 4.78 is 15.9. The van der Waals surface area contributed by atoms with E-state index in [4.69, 9.17) is 19.9 Å². The molecule has 5 heteroatoms. The molecule has 1 aromatic heterocycles. The number of rotatable bonds is 2. The standard InChI is InChI=1S/C9H12N2O3/c1-12-4-7-5-13-9-8(14-7)2-6(10)3-11-9/h2-3,7H,4-5,10H2,1H3. The summed E-state index contributed by atoms with van der Waals surface area (Å²) in [6.45, 7) is 0.950. The van der Waals surface area contributed by atoms with E-state index in [9.17, 15) is 0 Å². The van der Waals surface area contributed by atoms with Gasteiger partial charge in [-0.3, -0.25) is 0 Å². The smallest absolute Gasteiger partial charge is 0.257 e. The Bertz CT molecular complexity index is 330. The van der Waals surface area contributed by atoms with Gasteiger partial charge in [-0.2, -0.15) is 0 Å². The molecule has 2 heterocycles. The van der Waals surface area contributed by atoms with Gasteiger partial charge in [-0.1, -0.05) is 0 Å². The molecule has 0 fully saturated rings. The van der Waals surface area contributed by atoms with Gasteiger partial charge < -0.3 is 19.9 Å². The Balaban J connectivity index is 2.16. The Morgan fingerprint density at radius 3 is 3.36 bits per heavy atom. The van der Waals surface area contributed by atoms with Crippen molar-refractivity contribution in [2.24, 2.45) is 0 Å². The highest BCUT2D eigenvalue weighted by Crippen LogP contribution is 2.30. The first-order chi connectivity index (χ1) is 6.79. The second-order valence-electron chi connectivity index (χ2n) is 3.08. The number of ether oxygens (including phenoxy) is 3. The van der Waals surface area contributed by atoms with Gasteiger partial charge >= 0.3 is 0 Å². The minimum atomic E-state index is -0.0869. The molecule has 76 valence electrons. The number of nitrogens with two attached hydrogens (primary N) is 1. The number of pyridine rings is 1. The summed E-state index contributed by atoms with van der Waals surface area (Å²) in [5.74, 6) is 1.07. The number of fused-ring (bicyclic) bond motifs is 1. The number of nitrogens with zero attached hydrogens (tertiary/aromatic N) is 1. The molecule has 2 rings (SSSR count). The van der Waals surface area contributed by atoms with Crippen molar-refractivity contribution < 1.29 is 14.2 Å². The van der Waals surface area contributed by atoms with Crippen molar-refractivity contribution in [1.82, 2.24) is 4.98 Å². The van der Waals surface area contributed by atoms with E-state index in [0.717, 1.165) is 0 Å². The predicted octanol–water partition coefficient (Wildman–Crippen LogP) is 0.450. The quantitative estimate of drug-likeness (QED) is 0.743. The largest absolute Gasteiger partial charge is 0.479 e. The number of methoxy groups -OCH3 is 1. The third-order valence-corrected chi connectivity index (χ3v) is 1.89. The predicted molar refractivity (Wildman–Crippen MR) is 50.4 cm³/mol. The van der Waals surface area contributed by atoms with Crippen molar-refractivity contribution in [3.05, 3.63) is 12.3 Å². The molecule has 0 radical (unpaired) electrons. The first-order valence-electron chi connectivity index (χ1n) is 4.33. The maximum absolute atomic E-state index is 5.57. The summed E-state index contributed by atoms with van der Waals surface area (Å²) in [6.07, 6.45) is 1.45. The summed E-state index contributed by atoms with van der Waals surface area (Å²) in [4.78, 5) is 4.00. The summed E-state index contributed by atoms with van der Waals surface area (Å²) in [5.41, 5.74) is 6.13. The third-order valence-electron chi connectivity index (χ3n) is 1.89. The molecule has 1 aromatic rings. The Kier molecular flexibility index (Phi) is 2.41. The highest BCUT2D eigenvalue weighted by Gasteiger charge is 2.21. The second kappa shape index (κ2) is 3.71. The number of aromatic nitrogens is 1. The zero-order valence-corrected chi connectivity index (χ0v) is 7.90. The lowest BCUT2D eigenvalue weighted by molar-refractivity contribution is 0.0247. The zero-order valence-electron chi connectivity index (χ0n) is 7.90. The lowest BCUT2D eigenvalue weighted by atomic mass is 10.3. The molecule has 0 bridgehead atoms. The van der Waals surface area contributed by atoms with Gasteiger partial charge in [0.05, 0.1) is 18.5 Å². The van der Waals surface area contributed by atoms with Crippen molar-refractivity contribution >= 4 is 5.69 Å². The van der Waals surface area contributed by atoms with Gasteiger partial charge in [-0.05, 0) is 0 Å². The molecule has 1 aliphatic rings. The first kappa shape index (κ1) is 9.08. The molecule has 14 heavy (non-hydrogen) atoms. The Hall–Kier alpha value is -1.49. The van der Waals surface area contributed by atoms with Gasteiger partial charge in [0, 0.05) is 13.2 Å². The van der Waals surface area contributed by atoms with Crippen LogP contribution in [0.25, 0.3) is 0 Å². The minimum Gasteiger partial charge on any atom is -0.479 e. The van der Waals surface area contributed by atoms with E-state index in [1.807, 2.05) is 0 Å². The van der Waals surface area contributed by atoms with E-state index in [-0.39, 0.29) is 6.10 Å². The average molecular weight is 196 g/mol. The van der Waals surface area contributed by atoms with Crippen molar-refractivity contribution in [3.8, 4) is 11.6 Å². The average Bonchev–Trinajstić information content (AvgIpc) is 2.17. The van der Waals surface area contributed by atoms with Crippen molar-refractivity contribution in [1.29, 1.82) is 0 Å². The topological polar surface area (TPSA) is 66.6 Å². The first-order valence-corrected chi connectivity index (χ1v) is 4.33. The van der Waals surface area contributed by atoms with Gasteiger partial charge in [0.2, 0.25) is 0 Å². The van der Waals surface area contributed by atoms with Crippen LogP contribution in [0.1, 0.15) is 0 Å². The fourth-order valence-electron chi connectivity index (χ4n) is 1.29. The summed E-state index contributed by atoms with van der Waals surface area (Å²) in [5, 5.41) is 0. The van der Waals surface area contributed by atoms with E-state index < -0.39 is 0 Å². The molecular weight excluding hydrogens is 184 g/mol. The van der Waals surface area contributed by atoms with Crippen LogP contribution in [-0.2, 0) is 4.74 Å². The third kappa shape index (κ3) is 1.72. The van der Waals surface area contributed by atoms with Crippen LogP contribution in [0.2, 0.25) is 0 Å². The molecule has 1 atom stereocenters. The summed E-state index contributed by atoms with van der Waals surface area (Å²) >= 11 is 0. The van der Waals surface area contributed by atoms with Crippen LogP contribution in [0.3, 0.4) is 0 Å². The molecule has 5 nitrogen and oxygen atoms in total. The molecule has 0 saturated carbocycles. The number of anilines is 1. The number of nitrogen functional groups attached to an aromatic ring is 1. The molecule has 0 aliphatic carbocycles. The van der Waals surface area contributed by atoms with Crippen molar-refractivity contribution in [2.75, 3.05) is 26.1 Å². The van der Waals surface area contributed by atoms with E-state index in [2.05, 4.69) is 4.98 Å². The summed E-state index contributed by atoms with van der Waals surface area (Å²) in [6, 6.07) is 1.70. The van der Waals surface area contributed by atoms with Crippen LogP contribution in [0.15, 0.2) is 12.3 Å². The Morgan fingerprint density at radius 1 is 1.71 bits per heavy atom. The Labute approximate surface area is 81.8 Å². The summed E-state index contributed by atoms with van der Waals surface area (Å²) in [7, 11) is 1.62. The van der Waals surface area contributed by atoms with Crippen LogP contribution in [0.5, 0.6) is 11.6 Å². The van der Waals surface area contributed by atoms with E-state index in [1.165, 1.54) is 0 Å². The number of hydrogen-bond donors (Lipinski definition) is 1. The van der Waals surface area contributed by atoms with Crippen molar-refractivity contribution in [2.45, 2.75) is 6.10 Å². The molecule has 0 saturated heterocycles. The maximum Gasteiger partial charge on any atom is 0.257 e. The molecule has 1 aliphatic heterocycles. The normalized spacial score (nSPS) is 19.4. The lowest BCUT2D eigenvalue weighted by Crippen LogP contribution is -2.33. The van der Waals surface area contributed by atoms with E-state index >= 15 is 0 Å². The highest BCUT2D eigenvalue weighted by molar-refractivity contribution is 5.47.